The SMILES string of the molecule is C[C@H]1O[C@H]2O[C@H]3OC(=O)C4CC1C2C43. The quantitative estimate of drug-likeness (QED) is 0.530. The molecule has 7 atom stereocenters. The first-order valence-electron chi connectivity index (χ1n) is 5.27. The summed E-state index contributed by atoms with van der Waals surface area (Å²) in [7, 11) is 0. The van der Waals surface area contributed by atoms with Gasteiger partial charge in [0.2, 0.25) is 6.29 Å². The van der Waals surface area contributed by atoms with Crippen molar-refractivity contribution in [2.24, 2.45) is 23.7 Å². The van der Waals surface area contributed by atoms with E-state index >= 15 is 0 Å². The molecule has 0 aromatic carbocycles. The van der Waals surface area contributed by atoms with E-state index in [1.807, 2.05) is 0 Å². The van der Waals surface area contributed by atoms with Crippen LogP contribution in [0.3, 0.4) is 0 Å². The maximum atomic E-state index is 11.5. The number of hydrogen-bond acceptors (Lipinski definition) is 4. The van der Waals surface area contributed by atoms with Crippen molar-refractivity contribution >= 4 is 5.97 Å². The molecule has 4 aliphatic rings. The second-order valence-corrected chi connectivity index (χ2v) is 4.81. The predicted molar refractivity (Wildman–Crippen MR) is 43.9 cm³/mol. The summed E-state index contributed by atoms with van der Waals surface area (Å²) >= 11 is 0. The number of carbonyl (C=O) groups is 1. The molecule has 14 heavy (non-hydrogen) atoms. The van der Waals surface area contributed by atoms with E-state index in [0.717, 1.165) is 6.42 Å². The van der Waals surface area contributed by atoms with E-state index in [1.54, 1.807) is 0 Å². The zero-order valence-corrected chi connectivity index (χ0v) is 7.88. The standard InChI is InChI=1S/C10H12O4/c1-3-4-2-5-7-6(4)9(12-3)14-10(7)13-8(5)11/h3-7,9-10H,2H2,1H3/t3-,4?,5?,6?,7?,9+,10-/m1/s1. The average molecular weight is 196 g/mol. The second-order valence-electron chi connectivity index (χ2n) is 4.81. The zero-order chi connectivity index (χ0) is 9.45. The molecule has 3 aliphatic heterocycles. The van der Waals surface area contributed by atoms with Crippen LogP contribution in [-0.2, 0) is 19.0 Å². The lowest BCUT2D eigenvalue weighted by atomic mass is 9.89. The fourth-order valence-electron chi connectivity index (χ4n) is 3.73. The summed E-state index contributed by atoms with van der Waals surface area (Å²) in [6, 6.07) is 0. The van der Waals surface area contributed by atoms with Gasteiger partial charge in [-0.3, -0.25) is 4.79 Å². The van der Waals surface area contributed by atoms with Crippen molar-refractivity contribution in [3.8, 4) is 0 Å². The van der Waals surface area contributed by atoms with Crippen molar-refractivity contribution in [1.29, 1.82) is 0 Å². The molecule has 76 valence electrons. The largest absolute Gasteiger partial charge is 0.435 e. The van der Waals surface area contributed by atoms with Crippen molar-refractivity contribution in [2.75, 3.05) is 0 Å². The number of rotatable bonds is 0. The normalized spacial score (nSPS) is 63.2. The topological polar surface area (TPSA) is 44.8 Å². The third-order valence-corrected chi connectivity index (χ3v) is 4.31. The van der Waals surface area contributed by atoms with Crippen LogP contribution in [0.5, 0.6) is 0 Å². The van der Waals surface area contributed by atoms with Gasteiger partial charge in [0.15, 0.2) is 6.29 Å². The molecule has 0 N–H and O–H groups in total. The van der Waals surface area contributed by atoms with E-state index in [2.05, 4.69) is 6.92 Å². The van der Waals surface area contributed by atoms with E-state index in [-0.39, 0.29) is 36.5 Å². The van der Waals surface area contributed by atoms with Gasteiger partial charge >= 0.3 is 5.97 Å². The van der Waals surface area contributed by atoms with Gasteiger partial charge < -0.3 is 14.2 Å². The Balaban J connectivity index is 1.79. The van der Waals surface area contributed by atoms with E-state index in [4.69, 9.17) is 14.2 Å². The number of esters is 1. The van der Waals surface area contributed by atoms with E-state index < -0.39 is 0 Å². The minimum absolute atomic E-state index is 0.0555. The van der Waals surface area contributed by atoms with E-state index in [1.165, 1.54) is 0 Å². The number of ether oxygens (including phenoxy) is 3. The molecule has 1 aliphatic carbocycles. The van der Waals surface area contributed by atoms with Crippen LogP contribution in [0.25, 0.3) is 0 Å². The maximum absolute atomic E-state index is 11.5. The number of hydrogen-bond donors (Lipinski definition) is 0. The molecular weight excluding hydrogens is 184 g/mol. The molecule has 3 heterocycles. The maximum Gasteiger partial charge on any atom is 0.311 e. The lowest BCUT2D eigenvalue weighted by Gasteiger charge is -2.14. The molecule has 4 heteroatoms. The molecule has 1 saturated carbocycles. The first-order chi connectivity index (χ1) is 6.75. The van der Waals surface area contributed by atoms with Crippen LogP contribution in [0.4, 0.5) is 0 Å². The monoisotopic (exact) mass is 196 g/mol. The predicted octanol–water partition coefficient (Wildman–Crippen LogP) is 0.513. The summed E-state index contributed by atoms with van der Waals surface area (Å²) < 4.78 is 16.4. The fourth-order valence-corrected chi connectivity index (χ4v) is 3.73. The smallest absolute Gasteiger partial charge is 0.311 e. The molecule has 4 nitrogen and oxygen atoms in total. The zero-order valence-electron chi connectivity index (χ0n) is 7.88. The second kappa shape index (κ2) is 2.14. The lowest BCUT2D eigenvalue weighted by Crippen LogP contribution is -2.19. The Morgan fingerprint density at radius 1 is 1.21 bits per heavy atom. The molecule has 0 amide bonds. The van der Waals surface area contributed by atoms with Crippen molar-refractivity contribution in [1.82, 2.24) is 0 Å². The molecule has 3 saturated heterocycles. The molecule has 4 fully saturated rings. The van der Waals surface area contributed by atoms with Gasteiger partial charge in [-0.25, -0.2) is 0 Å². The summed E-state index contributed by atoms with van der Waals surface area (Å²) in [6.07, 6.45) is 0.763. The van der Waals surface area contributed by atoms with E-state index in [9.17, 15) is 4.79 Å². The lowest BCUT2D eigenvalue weighted by molar-refractivity contribution is -0.203. The molecular formula is C10H12O4. The minimum Gasteiger partial charge on any atom is -0.435 e. The van der Waals surface area contributed by atoms with Crippen LogP contribution >= 0.6 is 0 Å². The van der Waals surface area contributed by atoms with Crippen LogP contribution in [0.1, 0.15) is 13.3 Å². The third-order valence-electron chi connectivity index (χ3n) is 4.31. The van der Waals surface area contributed by atoms with Crippen molar-refractivity contribution in [3.63, 3.8) is 0 Å². The summed E-state index contributed by atoms with van der Waals surface area (Å²) in [5, 5.41) is 0. The van der Waals surface area contributed by atoms with Crippen LogP contribution in [0, 0.1) is 23.7 Å². The van der Waals surface area contributed by atoms with Gasteiger partial charge in [-0.1, -0.05) is 0 Å². The highest BCUT2D eigenvalue weighted by Crippen LogP contribution is 2.60. The molecule has 4 rings (SSSR count). The van der Waals surface area contributed by atoms with Gasteiger partial charge in [-0.05, 0) is 19.3 Å². The first kappa shape index (κ1) is 7.65. The van der Waals surface area contributed by atoms with Gasteiger partial charge in [0.1, 0.15) is 0 Å². The van der Waals surface area contributed by atoms with Gasteiger partial charge in [0.25, 0.3) is 0 Å². The van der Waals surface area contributed by atoms with E-state index in [0.29, 0.717) is 11.8 Å². The Morgan fingerprint density at radius 2 is 2.07 bits per heavy atom. The fraction of sp³-hybridized carbons (Fsp3) is 0.900. The van der Waals surface area contributed by atoms with Crippen LogP contribution in [-0.4, -0.2) is 24.7 Å². The van der Waals surface area contributed by atoms with Crippen LogP contribution in [0.2, 0.25) is 0 Å². The Bertz CT molecular complexity index is 315. The molecule has 0 aromatic rings. The Kier molecular flexibility index (Phi) is 1.17. The first-order valence-corrected chi connectivity index (χ1v) is 5.27. The van der Waals surface area contributed by atoms with Crippen molar-refractivity contribution in [2.45, 2.75) is 32.0 Å². The summed E-state index contributed by atoms with van der Waals surface area (Å²) in [5.41, 5.74) is 0. The van der Waals surface area contributed by atoms with Crippen molar-refractivity contribution < 1.29 is 19.0 Å². The van der Waals surface area contributed by atoms with Crippen molar-refractivity contribution in [3.05, 3.63) is 0 Å². The summed E-state index contributed by atoms with van der Waals surface area (Å²) in [4.78, 5) is 11.5. The average Bonchev–Trinajstić information content (AvgIpc) is 2.75. The minimum atomic E-state index is -0.306. The van der Waals surface area contributed by atoms with Crippen LogP contribution < -0.4 is 0 Å². The summed E-state index contributed by atoms with van der Waals surface area (Å²) in [6.45, 7) is 2.08. The molecule has 0 aromatic heterocycles. The van der Waals surface area contributed by atoms with Gasteiger partial charge in [-0.2, -0.15) is 0 Å². The Labute approximate surface area is 81.5 Å². The number of carbonyl (C=O) groups excluding carboxylic acids is 1. The van der Waals surface area contributed by atoms with Gasteiger partial charge in [0, 0.05) is 11.8 Å². The highest BCUT2D eigenvalue weighted by atomic mass is 16.8. The van der Waals surface area contributed by atoms with Gasteiger partial charge in [0.05, 0.1) is 12.0 Å². The van der Waals surface area contributed by atoms with Crippen LogP contribution in [0.15, 0.2) is 0 Å². The Morgan fingerprint density at radius 3 is 2.93 bits per heavy atom. The third kappa shape index (κ3) is 0.653. The summed E-state index contributed by atoms with van der Waals surface area (Å²) in [5.74, 6) is 1.23. The Hall–Kier alpha value is -0.610. The van der Waals surface area contributed by atoms with Gasteiger partial charge in [-0.15, -0.1) is 0 Å². The molecule has 4 unspecified atom stereocenters. The molecule has 0 radical (unpaired) electrons. The molecule has 0 spiro atoms. The highest BCUT2D eigenvalue weighted by molar-refractivity contribution is 5.76. The highest BCUT2D eigenvalue weighted by Gasteiger charge is 2.68. The molecule has 0 bridgehead atoms.